The van der Waals surface area contributed by atoms with Gasteiger partial charge in [-0.25, -0.2) is 9.37 Å². The number of nitrogens with two attached hydrogens (primary N) is 1. The predicted molar refractivity (Wildman–Crippen MR) is 105 cm³/mol. The van der Waals surface area contributed by atoms with Gasteiger partial charge in [-0.15, -0.1) is 0 Å². The number of nitrogens with zero attached hydrogens (tertiary/aromatic N) is 2. The lowest BCUT2D eigenvalue weighted by Crippen LogP contribution is -2.31. The number of hydrogen-bond acceptors (Lipinski definition) is 4. The Morgan fingerprint density at radius 3 is 2.63 bits per heavy atom. The van der Waals surface area contributed by atoms with Crippen molar-refractivity contribution in [2.24, 2.45) is 0 Å². The summed E-state index contributed by atoms with van der Waals surface area (Å²) < 4.78 is 14.0. The molecular weight excluding hydrogens is 343 g/mol. The second-order valence-corrected chi connectivity index (χ2v) is 5.89. The predicted octanol–water partition coefficient (Wildman–Crippen LogP) is 3.84. The average Bonchev–Trinajstić information content (AvgIpc) is 2.70. The van der Waals surface area contributed by atoms with Crippen molar-refractivity contribution in [3.8, 4) is 22.3 Å². The molecule has 3 heterocycles. The maximum atomic E-state index is 14.0. The van der Waals surface area contributed by atoms with Gasteiger partial charge in [0.05, 0.1) is 0 Å². The van der Waals surface area contributed by atoms with Gasteiger partial charge in [-0.05, 0) is 35.7 Å². The standard InChI is InChI=1S/C19H15FN4O.C2H6/c20-17-4-5-22-10-16(17)13-8-15(18(21)24-9-13)11-1-2-14-12(7-11)3-6-23-19(14)25;1-2/h1-2,4-5,7-10H,3,6H2,(H2,21,24)(H,23,25);1-2H3. The molecule has 1 aromatic carbocycles. The quantitative estimate of drug-likeness (QED) is 0.724. The second kappa shape index (κ2) is 7.95. The highest BCUT2D eigenvalue weighted by molar-refractivity contribution is 5.97. The first-order valence-electron chi connectivity index (χ1n) is 8.90. The topological polar surface area (TPSA) is 80.9 Å². The number of halogens is 1. The molecule has 3 aromatic rings. The SMILES string of the molecule is CC.Nc1ncc(-c2cnccc2F)cc1-c1ccc2c(c1)CCNC2=O. The third kappa shape index (κ3) is 3.65. The maximum absolute atomic E-state index is 14.0. The lowest BCUT2D eigenvalue weighted by atomic mass is 9.94. The molecule has 2 aromatic heterocycles. The van der Waals surface area contributed by atoms with Crippen molar-refractivity contribution < 1.29 is 9.18 Å². The van der Waals surface area contributed by atoms with Gasteiger partial charge in [-0.1, -0.05) is 26.0 Å². The number of nitrogens with one attached hydrogen (secondary N) is 1. The van der Waals surface area contributed by atoms with Crippen molar-refractivity contribution in [1.29, 1.82) is 0 Å². The number of amides is 1. The molecule has 6 heteroatoms. The monoisotopic (exact) mass is 364 g/mol. The number of pyridine rings is 2. The molecule has 0 aliphatic carbocycles. The first-order chi connectivity index (χ1) is 13.1. The first-order valence-corrected chi connectivity index (χ1v) is 8.90. The van der Waals surface area contributed by atoms with Crippen LogP contribution >= 0.6 is 0 Å². The Kier molecular flexibility index (Phi) is 5.45. The van der Waals surface area contributed by atoms with Gasteiger partial charge in [-0.2, -0.15) is 0 Å². The van der Waals surface area contributed by atoms with E-state index in [9.17, 15) is 9.18 Å². The summed E-state index contributed by atoms with van der Waals surface area (Å²) >= 11 is 0. The number of aromatic nitrogens is 2. The smallest absolute Gasteiger partial charge is 0.251 e. The van der Waals surface area contributed by atoms with E-state index in [-0.39, 0.29) is 11.7 Å². The number of rotatable bonds is 2. The van der Waals surface area contributed by atoms with Crippen LogP contribution in [0.15, 0.2) is 48.9 Å². The summed E-state index contributed by atoms with van der Waals surface area (Å²) in [6.45, 7) is 4.62. The fourth-order valence-corrected chi connectivity index (χ4v) is 3.04. The van der Waals surface area contributed by atoms with Crippen LogP contribution < -0.4 is 11.1 Å². The molecule has 0 fully saturated rings. The lowest BCUT2D eigenvalue weighted by Gasteiger charge is -2.18. The lowest BCUT2D eigenvalue weighted by molar-refractivity contribution is 0.0946. The number of anilines is 1. The van der Waals surface area contributed by atoms with Crippen molar-refractivity contribution in [1.82, 2.24) is 15.3 Å². The zero-order valence-electron chi connectivity index (χ0n) is 15.3. The van der Waals surface area contributed by atoms with Crippen molar-refractivity contribution >= 4 is 11.7 Å². The summed E-state index contributed by atoms with van der Waals surface area (Å²) in [5, 5.41) is 2.82. The zero-order chi connectivity index (χ0) is 19.4. The van der Waals surface area contributed by atoms with E-state index >= 15 is 0 Å². The molecule has 0 atom stereocenters. The largest absolute Gasteiger partial charge is 0.383 e. The Morgan fingerprint density at radius 1 is 1.04 bits per heavy atom. The minimum absolute atomic E-state index is 0.0647. The average molecular weight is 364 g/mol. The molecule has 0 spiro atoms. The van der Waals surface area contributed by atoms with Crippen LogP contribution in [0.1, 0.15) is 29.8 Å². The van der Waals surface area contributed by atoms with Gasteiger partial charge in [0.15, 0.2) is 0 Å². The molecule has 0 bridgehead atoms. The van der Waals surface area contributed by atoms with Crippen LogP contribution in [0.25, 0.3) is 22.3 Å². The van der Waals surface area contributed by atoms with Crippen LogP contribution in [0, 0.1) is 5.82 Å². The van der Waals surface area contributed by atoms with Gasteiger partial charge in [0.25, 0.3) is 5.91 Å². The molecule has 27 heavy (non-hydrogen) atoms. The summed E-state index contributed by atoms with van der Waals surface area (Å²) in [6, 6.07) is 8.68. The molecule has 3 N–H and O–H groups in total. The maximum Gasteiger partial charge on any atom is 0.251 e. The number of benzene rings is 1. The molecule has 1 aliphatic rings. The minimum Gasteiger partial charge on any atom is -0.383 e. The fraction of sp³-hybridized carbons (Fsp3) is 0.190. The number of carbonyl (C=O) groups is 1. The van der Waals surface area contributed by atoms with Crippen LogP contribution in [-0.2, 0) is 6.42 Å². The van der Waals surface area contributed by atoms with E-state index in [1.807, 2.05) is 26.0 Å². The van der Waals surface area contributed by atoms with Gasteiger partial charge in [0, 0.05) is 47.4 Å². The van der Waals surface area contributed by atoms with E-state index in [2.05, 4.69) is 15.3 Å². The molecule has 0 saturated heterocycles. The van der Waals surface area contributed by atoms with Crippen LogP contribution in [0.5, 0.6) is 0 Å². The van der Waals surface area contributed by atoms with Crippen molar-refractivity contribution in [2.75, 3.05) is 12.3 Å². The number of hydrogen-bond donors (Lipinski definition) is 2. The van der Waals surface area contributed by atoms with Crippen molar-refractivity contribution in [2.45, 2.75) is 20.3 Å². The third-order valence-electron chi connectivity index (χ3n) is 4.34. The summed E-state index contributed by atoms with van der Waals surface area (Å²) in [4.78, 5) is 20.1. The second-order valence-electron chi connectivity index (χ2n) is 5.89. The highest BCUT2D eigenvalue weighted by atomic mass is 19.1. The molecule has 0 radical (unpaired) electrons. The molecule has 1 amide bonds. The van der Waals surface area contributed by atoms with Crippen LogP contribution in [0.4, 0.5) is 10.2 Å². The molecular formula is C21H21FN4O. The highest BCUT2D eigenvalue weighted by Crippen LogP contribution is 2.32. The molecule has 5 nitrogen and oxygen atoms in total. The Balaban J connectivity index is 0.00000102. The van der Waals surface area contributed by atoms with Gasteiger partial charge in [0.2, 0.25) is 0 Å². The highest BCUT2D eigenvalue weighted by Gasteiger charge is 2.18. The number of fused-ring (bicyclic) bond motifs is 1. The normalized spacial score (nSPS) is 12.5. The van der Waals surface area contributed by atoms with Crippen LogP contribution in [-0.4, -0.2) is 22.4 Å². The van der Waals surface area contributed by atoms with Gasteiger partial charge >= 0.3 is 0 Å². The molecule has 4 rings (SSSR count). The molecule has 0 saturated carbocycles. The van der Waals surface area contributed by atoms with Crippen LogP contribution in [0.3, 0.4) is 0 Å². The van der Waals surface area contributed by atoms with E-state index in [4.69, 9.17) is 5.73 Å². The first kappa shape index (κ1) is 18.5. The van der Waals surface area contributed by atoms with E-state index < -0.39 is 0 Å². The van der Waals surface area contributed by atoms with Gasteiger partial charge in [-0.3, -0.25) is 9.78 Å². The van der Waals surface area contributed by atoms with E-state index in [1.165, 1.54) is 24.7 Å². The fourth-order valence-electron chi connectivity index (χ4n) is 3.04. The van der Waals surface area contributed by atoms with Crippen LogP contribution in [0.2, 0.25) is 0 Å². The summed E-state index contributed by atoms with van der Waals surface area (Å²) in [5.74, 6) is -0.0760. The van der Waals surface area contributed by atoms with Crippen molar-refractivity contribution in [3.05, 3.63) is 65.9 Å². The number of nitrogen functional groups attached to an aromatic ring is 1. The van der Waals surface area contributed by atoms with E-state index in [0.717, 1.165) is 17.5 Å². The molecule has 138 valence electrons. The van der Waals surface area contributed by atoms with E-state index in [1.54, 1.807) is 12.1 Å². The van der Waals surface area contributed by atoms with E-state index in [0.29, 0.717) is 34.6 Å². The molecule has 0 unspecified atom stereocenters. The Morgan fingerprint density at radius 2 is 1.85 bits per heavy atom. The Labute approximate surface area is 157 Å². The Hall–Kier alpha value is -3.28. The number of carbonyl (C=O) groups excluding carboxylic acids is 1. The summed E-state index contributed by atoms with van der Waals surface area (Å²) in [6.07, 6.45) is 5.16. The van der Waals surface area contributed by atoms with Crippen molar-refractivity contribution in [3.63, 3.8) is 0 Å². The zero-order valence-corrected chi connectivity index (χ0v) is 15.3. The minimum atomic E-state index is -0.366. The van der Waals surface area contributed by atoms with Gasteiger partial charge < -0.3 is 11.1 Å². The summed E-state index contributed by atoms with van der Waals surface area (Å²) in [7, 11) is 0. The molecule has 1 aliphatic heterocycles. The Bertz CT molecular complexity index is 988. The third-order valence-corrected chi connectivity index (χ3v) is 4.34. The summed E-state index contributed by atoms with van der Waals surface area (Å²) in [5.41, 5.74) is 10.2. The van der Waals surface area contributed by atoms with Gasteiger partial charge in [0.1, 0.15) is 11.6 Å².